The van der Waals surface area contributed by atoms with Gasteiger partial charge in [-0.3, -0.25) is 14.5 Å². The van der Waals surface area contributed by atoms with E-state index in [2.05, 4.69) is 10.2 Å². The first-order chi connectivity index (χ1) is 10.1. The van der Waals surface area contributed by atoms with Gasteiger partial charge >= 0.3 is 0 Å². The van der Waals surface area contributed by atoms with E-state index in [4.69, 9.17) is 0 Å². The van der Waals surface area contributed by atoms with Gasteiger partial charge in [-0.05, 0) is 52.0 Å². The molecule has 2 unspecified atom stereocenters. The van der Waals surface area contributed by atoms with Crippen molar-refractivity contribution in [3.8, 4) is 0 Å². The Morgan fingerprint density at radius 2 is 1.76 bits per heavy atom. The molecule has 2 saturated heterocycles. The predicted molar refractivity (Wildman–Crippen MR) is 80.7 cm³/mol. The highest BCUT2D eigenvalue weighted by molar-refractivity contribution is 5.82. The molecule has 3 fully saturated rings. The zero-order valence-corrected chi connectivity index (χ0v) is 13.0. The molecule has 2 amide bonds. The van der Waals surface area contributed by atoms with Crippen LogP contribution in [0.2, 0.25) is 0 Å². The average Bonchev–Trinajstić information content (AvgIpc) is 3.15. The molecule has 5 nitrogen and oxygen atoms in total. The lowest BCUT2D eigenvalue weighted by molar-refractivity contribution is -0.137. The lowest BCUT2D eigenvalue weighted by Crippen LogP contribution is -2.52. The summed E-state index contributed by atoms with van der Waals surface area (Å²) >= 11 is 0. The minimum atomic E-state index is -0.0837. The summed E-state index contributed by atoms with van der Waals surface area (Å²) in [7, 11) is 0. The van der Waals surface area contributed by atoms with Gasteiger partial charge in [-0.25, -0.2) is 0 Å². The van der Waals surface area contributed by atoms with Crippen molar-refractivity contribution in [2.45, 2.75) is 57.5 Å². The van der Waals surface area contributed by atoms with E-state index in [9.17, 15) is 9.59 Å². The molecule has 0 aromatic carbocycles. The molecule has 21 heavy (non-hydrogen) atoms. The maximum atomic E-state index is 12.5. The van der Waals surface area contributed by atoms with Crippen LogP contribution in [0.15, 0.2) is 0 Å². The van der Waals surface area contributed by atoms with Crippen LogP contribution in [0.1, 0.15) is 45.4 Å². The Kier molecular flexibility index (Phi) is 4.48. The Morgan fingerprint density at radius 1 is 1.05 bits per heavy atom. The van der Waals surface area contributed by atoms with E-state index in [1.807, 2.05) is 11.8 Å². The topological polar surface area (TPSA) is 52.7 Å². The summed E-state index contributed by atoms with van der Waals surface area (Å²) < 4.78 is 0. The molecule has 0 bridgehead atoms. The van der Waals surface area contributed by atoms with Gasteiger partial charge < -0.3 is 10.2 Å². The van der Waals surface area contributed by atoms with Crippen molar-refractivity contribution in [1.82, 2.24) is 15.1 Å². The van der Waals surface area contributed by atoms with Crippen molar-refractivity contribution in [3.63, 3.8) is 0 Å². The monoisotopic (exact) mass is 293 g/mol. The molecule has 5 heteroatoms. The molecule has 3 aliphatic rings. The summed E-state index contributed by atoms with van der Waals surface area (Å²) in [5.41, 5.74) is 0. The number of rotatable bonds is 4. The molecule has 0 aromatic rings. The Labute approximate surface area is 127 Å². The second-order valence-corrected chi connectivity index (χ2v) is 6.83. The third-order valence-electron chi connectivity index (χ3n) is 5.07. The molecule has 2 aliphatic heterocycles. The van der Waals surface area contributed by atoms with Crippen molar-refractivity contribution in [1.29, 1.82) is 0 Å². The normalized spacial score (nSPS) is 28.4. The maximum Gasteiger partial charge on any atom is 0.239 e. The van der Waals surface area contributed by atoms with Crippen LogP contribution in [-0.4, -0.2) is 59.9 Å². The Morgan fingerprint density at radius 3 is 2.43 bits per heavy atom. The van der Waals surface area contributed by atoms with E-state index in [1.54, 1.807) is 0 Å². The van der Waals surface area contributed by atoms with Crippen molar-refractivity contribution < 1.29 is 9.59 Å². The summed E-state index contributed by atoms with van der Waals surface area (Å²) in [4.78, 5) is 28.9. The summed E-state index contributed by atoms with van der Waals surface area (Å²) in [5.74, 6) is 0.506. The highest BCUT2D eigenvalue weighted by Gasteiger charge is 2.34. The number of likely N-dealkylation sites (tertiary alicyclic amines) is 2. The van der Waals surface area contributed by atoms with E-state index < -0.39 is 0 Å². The van der Waals surface area contributed by atoms with Crippen LogP contribution in [0.3, 0.4) is 0 Å². The third-order valence-corrected chi connectivity index (χ3v) is 5.07. The van der Waals surface area contributed by atoms with Gasteiger partial charge in [0, 0.05) is 25.7 Å². The van der Waals surface area contributed by atoms with Gasteiger partial charge in [-0.15, -0.1) is 0 Å². The van der Waals surface area contributed by atoms with Crippen molar-refractivity contribution in [3.05, 3.63) is 0 Å². The molecule has 0 radical (unpaired) electrons. The third kappa shape index (κ3) is 3.57. The summed E-state index contributed by atoms with van der Waals surface area (Å²) in [6.45, 7) is 5.49. The van der Waals surface area contributed by atoms with Crippen molar-refractivity contribution in [2.75, 3.05) is 26.2 Å². The highest BCUT2D eigenvalue weighted by atomic mass is 16.2. The SMILES string of the molecule is CC(C(=O)N1CCCC1)N1CCCC(C(=O)NC2CC2)C1. The summed E-state index contributed by atoms with van der Waals surface area (Å²) in [6, 6.07) is 0.344. The van der Waals surface area contributed by atoms with E-state index in [0.717, 1.165) is 64.7 Å². The van der Waals surface area contributed by atoms with Gasteiger partial charge in [-0.2, -0.15) is 0 Å². The van der Waals surface area contributed by atoms with Crippen molar-refractivity contribution in [2.24, 2.45) is 5.92 Å². The van der Waals surface area contributed by atoms with E-state index in [0.29, 0.717) is 6.04 Å². The van der Waals surface area contributed by atoms with Crippen LogP contribution < -0.4 is 5.32 Å². The quantitative estimate of drug-likeness (QED) is 0.841. The van der Waals surface area contributed by atoms with Crippen LogP contribution >= 0.6 is 0 Å². The molecule has 1 saturated carbocycles. The number of amides is 2. The molecule has 118 valence electrons. The molecular formula is C16H27N3O2. The maximum absolute atomic E-state index is 12.5. The molecule has 0 aromatic heterocycles. The smallest absolute Gasteiger partial charge is 0.239 e. The number of hydrogen-bond donors (Lipinski definition) is 1. The van der Waals surface area contributed by atoms with E-state index in [-0.39, 0.29) is 23.8 Å². The van der Waals surface area contributed by atoms with Gasteiger partial charge in [-0.1, -0.05) is 0 Å². The number of nitrogens with zero attached hydrogens (tertiary/aromatic N) is 2. The predicted octanol–water partition coefficient (Wildman–Crippen LogP) is 0.988. The van der Waals surface area contributed by atoms with E-state index in [1.165, 1.54) is 0 Å². The lowest BCUT2D eigenvalue weighted by Gasteiger charge is -2.36. The molecule has 1 aliphatic carbocycles. The Bertz CT molecular complexity index is 402. The summed E-state index contributed by atoms with van der Waals surface area (Å²) in [6.07, 6.45) is 6.49. The first-order valence-electron chi connectivity index (χ1n) is 8.48. The van der Waals surface area contributed by atoms with Gasteiger partial charge in [0.15, 0.2) is 0 Å². The fraction of sp³-hybridized carbons (Fsp3) is 0.875. The molecule has 0 spiro atoms. The molecule has 3 rings (SSSR count). The standard InChI is InChI=1S/C16H27N3O2/c1-12(16(21)18-8-2-3-9-18)19-10-4-5-13(11-19)15(20)17-14-6-7-14/h12-14H,2-11H2,1H3,(H,17,20). The van der Waals surface area contributed by atoms with Crippen molar-refractivity contribution >= 4 is 11.8 Å². The van der Waals surface area contributed by atoms with Gasteiger partial charge in [0.1, 0.15) is 0 Å². The zero-order chi connectivity index (χ0) is 14.8. The number of nitrogens with one attached hydrogen (secondary N) is 1. The van der Waals surface area contributed by atoms with Crippen LogP contribution in [0, 0.1) is 5.92 Å². The molecule has 2 atom stereocenters. The number of piperidine rings is 1. The minimum Gasteiger partial charge on any atom is -0.353 e. The van der Waals surface area contributed by atoms with Crippen LogP contribution in [0.5, 0.6) is 0 Å². The Hall–Kier alpha value is -1.10. The number of hydrogen-bond acceptors (Lipinski definition) is 3. The fourth-order valence-corrected chi connectivity index (χ4v) is 3.48. The largest absolute Gasteiger partial charge is 0.353 e. The van der Waals surface area contributed by atoms with E-state index >= 15 is 0 Å². The Balaban J connectivity index is 1.54. The highest BCUT2D eigenvalue weighted by Crippen LogP contribution is 2.23. The van der Waals surface area contributed by atoms with Crippen LogP contribution in [-0.2, 0) is 9.59 Å². The van der Waals surface area contributed by atoms with Gasteiger partial charge in [0.25, 0.3) is 0 Å². The number of carbonyl (C=O) groups excluding carboxylic acids is 2. The van der Waals surface area contributed by atoms with Crippen LogP contribution in [0.25, 0.3) is 0 Å². The zero-order valence-electron chi connectivity index (χ0n) is 13.0. The molecular weight excluding hydrogens is 266 g/mol. The molecule has 2 heterocycles. The second kappa shape index (κ2) is 6.34. The summed E-state index contributed by atoms with van der Waals surface area (Å²) in [5, 5.41) is 3.11. The minimum absolute atomic E-state index is 0.0631. The first kappa shape index (κ1) is 14.8. The van der Waals surface area contributed by atoms with Crippen LogP contribution in [0.4, 0.5) is 0 Å². The lowest BCUT2D eigenvalue weighted by atomic mass is 9.95. The number of carbonyl (C=O) groups is 2. The van der Waals surface area contributed by atoms with Gasteiger partial charge in [0.05, 0.1) is 12.0 Å². The second-order valence-electron chi connectivity index (χ2n) is 6.83. The average molecular weight is 293 g/mol. The molecule has 1 N–H and O–H groups in total. The van der Waals surface area contributed by atoms with Gasteiger partial charge in [0.2, 0.25) is 11.8 Å². The fourth-order valence-electron chi connectivity index (χ4n) is 3.48. The first-order valence-corrected chi connectivity index (χ1v) is 8.48.